The molecule has 0 amide bonds. The van der Waals surface area contributed by atoms with E-state index in [9.17, 15) is 0 Å². The Kier molecular flexibility index (Phi) is 6.72. The molecule has 1 aromatic rings. The number of hydrogen-bond acceptors (Lipinski definition) is 2. The Morgan fingerprint density at radius 1 is 1.22 bits per heavy atom. The van der Waals surface area contributed by atoms with Crippen molar-refractivity contribution in [3.63, 3.8) is 0 Å². The Morgan fingerprint density at radius 2 is 1.89 bits per heavy atom. The van der Waals surface area contributed by atoms with Gasteiger partial charge in [-0.1, -0.05) is 48.7 Å². The lowest BCUT2D eigenvalue weighted by Gasteiger charge is -2.29. The van der Waals surface area contributed by atoms with Crippen LogP contribution in [0.4, 0.5) is 5.69 Å². The van der Waals surface area contributed by atoms with Gasteiger partial charge in [0.25, 0.3) is 0 Å². The second-order valence-corrected chi connectivity index (χ2v) is 5.61. The zero-order valence-corrected chi connectivity index (χ0v) is 13.3. The Balaban J connectivity index is 2.96. The molecule has 0 spiro atoms. The third-order valence-corrected chi connectivity index (χ3v) is 4.12. The maximum absolute atomic E-state index is 5.85. The summed E-state index contributed by atoms with van der Waals surface area (Å²) in [5.41, 5.74) is 8.35. The van der Waals surface area contributed by atoms with E-state index in [1.807, 2.05) is 0 Å². The molecule has 18 heavy (non-hydrogen) atoms. The number of hydrogen-bond donors (Lipinski definition) is 1. The average Bonchev–Trinajstić information content (AvgIpc) is 2.40. The van der Waals surface area contributed by atoms with Crippen LogP contribution < -0.4 is 10.6 Å². The number of nitrogens with zero attached hydrogens (tertiary/aromatic N) is 1. The van der Waals surface area contributed by atoms with Gasteiger partial charge in [0.2, 0.25) is 0 Å². The minimum atomic E-state index is 0.599. The Hall–Kier alpha value is -0.540. The van der Waals surface area contributed by atoms with Gasteiger partial charge < -0.3 is 10.6 Å². The summed E-state index contributed by atoms with van der Waals surface area (Å²) in [7, 11) is 0. The molecule has 0 saturated carbocycles. The van der Waals surface area contributed by atoms with Gasteiger partial charge in [0, 0.05) is 29.8 Å². The van der Waals surface area contributed by atoms with Crippen LogP contribution in [0, 0.1) is 5.92 Å². The molecule has 0 aliphatic carbocycles. The normalized spacial score (nSPS) is 11.0. The average molecular weight is 313 g/mol. The van der Waals surface area contributed by atoms with Crippen molar-refractivity contribution in [2.75, 3.05) is 18.0 Å². The van der Waals surface area contributed by atoms with Crippen molar-refractivity contribution in [1.82, 2.24) is 0 Å². The number of nitrogens with two attached hydrogens (primary N) is 1. The largest absolute Gasteiger partial charge is 0.371 e. The molecule has 3 heteroatoms. The molecule has 0 atom stereocenters. The van der Waals surface area contributed by atoms with E-state index in [2.05, 4.69) is 59.8 Å². The van der Waals surface area contributed by atoms with E-state index in [4.69, 9.17) is 5.73 Å². The second kappa shape index (κ2) is 7.80. The fourth-order valence-electron chi connectivity index (χ4n) is 2.26. The van der Waals surface area contributed by atoms with E-state index in [-0.39, 0.29) is 0 Å². The van der Waals surface area contributed by atoms with Crippen LogP contribution >= 0.6 is 15.9 Å². The topological polar surface area (TPSA) is 29.3 Å². The fraction of sp³-hybridized carbons (Fsp3) is 0.600. The Bertz CT molecular complexity index is 362. The van der Waals surface area contributed by atoms with Crippen molar-refractivity contribution in [3.8, 4) is 0 Å². The third kappa shape index (κ3) is 3.99. The van der Waals surface area contributed by atoms with Crippen molar-refractivity contribution in [1.29, 1.82) is 0 Å². The molecule has 0 heterocycles. The molecule has 102 valence electrons. The van der Waals surface area contributed by atoms with E-state index in [0.717, 1.165) is 23.5 Å². The van der Waals surface area contributed by atoms with Crippen molar-refractivity contribution >= 4 is 21.6 Å². The molecule has 2 nitrogen and oxygen atoms in total. The van der Waals surface area contributed by atoms with E-state index in [1.54, 1.807) is 0 Å². The zero-order chi connectivity index (χ0) is 13.5. The van der Waals surface area contributed by atoms with Crippen molar-refractivity contribution in [3.05, 3.63) is 28.2 Å². The Labute approximate surface area is 120 Å². The number of halogens is 1. The number of rotatable bonds is 7. The van der Waals surface area contributed by atoms with Gasteiger partial charge in [0.05, 0.1) is 0 Å². The summed E-state index contributed by atoms with van der Waals surface area (Å²) in [6.45, 7) is 9.50. The van der Waals surface area contributed by atoms with E-state index < -0.39 is 0 Å². The van der Waals surface area contributed by atoms with Crippen LogP contribution in [0.3, 0.4) is 0 Å². The lowest BCUT2D eigenvalue weighted by atomic mass is 10.0. The van der Waals surface area contributed by atoms with Gasteiger partial charge in [-0.2, -0.15) is 0 Å². The molecular weight excluding hydrogens is 288 g/mol. The van der Waals surface area contributed by atoms with Gasteiger partial charge >= 0.3 is 0 Å². The molecule has 0 radical (unpaired) electrons. The van der Waals surface area contributed by atoms with Crippen molar-refractivity contribution in [2.24, 2.45) is 11.7 Å². The Morgan fingerprint density at radius 3 is 2.39 bits per heavy atom. The smallest absolute Gasteiger partial charge is 0.0423 e. The maximum Gasteiger partial charge on any atom is 0.0423 e. The van der Waals surface area contributed by atoms with Crippen molar-refractivity contribution < 1.29 is 0 Å². The van der Waals surface area contributed by atoms with Gasteiger partial charge in [-0.15, -0.1) is 0 Å². The summed E-state index contributed by atoms with van der Waals surface area (Å²) in [4.78, 5) is 2.45. The SMILES string of the molecule is CCC(CC)CN(CC)c1cc(Br)ccc1CN. The minimum Gasteiger partial charge on any atom is -0.371 e. The highest BCUT2D eigenvalue weighted by molar-refractivity contribution is 9.10. The molecular formula is C15H25BrN2. The van der Waals surface area contributed by atoms with Gasteiger partial charge in [0.1, 0.15) is 0 Å². The summed E-state index contributed by atoms with van der Waals surface area (Å²) < 4.78 is 1.12. The lowest BCUT2D eigenvalue weighted by molar-refractivity contribution is 0.485. The van der Waals surface area contributed by atoms with Crippen LogP contribution in [0.5, 0.6) is 0 Å². The molecule has 2 N–H and O–H groups in total. The molecule has 0 aliphatic heterocycles. The first-order valence-corrected chi connectivity index (χ1v) is 7.68. The molecule has 0 aromatic heterocycles. The van der Waals surface area contributed by atoms with Gasteiger partial charge in [-0.25, -0.2) is 0 Å². The molecule has 0 saturated heterocycles. The monoisotopic (exact) mass is 312 g/mol. The summed E-state index contributed by atoms with van der Waals surface area (Å²) >= 11 is 3.56. The van der Waals surface area contributed by atoms with Gasteiger partial charge in [-0.3, -0.25) is 0 Å². The highest BCUT2D eigenvalue weighted by atomic mass is 79.9. The maximum atomic E-state index is 5.85. The highest BCUT2D eigenvalue weighted by Gasteiger charge is 2.13. The first-order valence-electron chi connectivity index (χ1n) is 6.89. The van der Waals surface area contributed by atoms with Crippen LogP contribution in [0.1, 0.15) is 39.2 Å². The standard InChI is InChI=1S/C15H25BrN2/c1-4-12(5-2)11-18(6-3)15-9-14(16)8-7-13(15)10-17/h7-9,12H,4-6,10-11,17H2,1-3H3. The number of anilines is 1. The predicted molar refractivity (Wildman–Crippen MR) is 84.0 cm³/mol. The first-order chi connectivity index (χ1) is 8.65. The van der Waals surface area contributed by atoms with E-state index in [1.165, 1.54) is 24.1 Å². The summed E-state index contributed by atoms with van der Waals surface area (Å²) in [5, 5.41) is 0. The zero-order valence-electron chi connectivity index (χ0n) is 11.7. The van der Waals surface area contributed by atoms with Gasteiger partial charge in [-0.05, 0) is 30.5 Å². The third-order valence-electron chi connectivity index (χ3n) is 3.62. The summed E-state index contributed by atoms with van der Waals surface area (Å²) in [5.74, 6) is 0.759. The van der Waals surface area contributed by atoms with Crippen LogP contribution in [-0.4, -0.2) is 13.1 Å². The molecule has 1 aromatic carbocycles. The summed E-state index contributed by atoms with van der Waals surface area (Å²) in [6.07, 6.45) is 2.47. The van der Waals surface area contributed by atoms with Gasteiger partial charge in [0.15, 0.2) is 0 Å². The predicted octanol–water partition coefficient (Wildman–Crippen LogP) is 4.17. The number of benzene rings is 1. The molecule has 0 aliphatic rings. The highest BCUT2D eigenvalue weighted by Crippen LogP contribution is 2.26. The van der Waals surface area contributed by atoms with Crippen LogP contribution in [-0.2, 0) is 6.54 Å². The fourth-order valence-corrected chi connectivity index (χ4v) is 2.61. The quantitative estimate of drug-likeness (QED) is 0.818. The molecule has 1 rings (SSSR count). The van der Waals surface area contributed by atoms with E-state index in [0.29, 0.717) is 6.54 Å². The van der Waals surface area contributed by atoms with Crippen molar-refractivity contribution in [2.45, 2.75) is 40.2 Å². The molecule has 0 unspecified atom stereocenters. The summed E-state index contributed by atoms with van der Waals surface area (Å²) in [6, 6.07) is 6.37. The first kappa shape index (κ1) is 15.5. The molecule has 0 fully saturated rings. The minimum absolute atomic E-state index is 0.599. The van der Waals surface area contributed by atoms with Crippen LogP contribution in [0.15, 0.2) is 22.7 Å². The lowest BCUT2D eigenvalue weighted by Crippen LogP contribution is -2.30. The second-order valence-electron chi connectivity index (χ2n) is 4.70. The van der Waals surface area contributed by atoms with E-state index >= 15 is 0 Å². The molecule has 0 bridgehead atoms. The van der Waals surface area contributed by atoms with Crippen LogP contribution in [0.25, 0.3) is 0 Å². The van der Waals surface area contributed by atoms with Crippen LogP contribution in [0.2, 0.25) is 0 Å².